The summed E-state index contributed by atoms with van der Waals surface area (Å²) < 4.78 is 0. The Hall–Kier alpha value is -0.566. The topological polar surface area (TPSA) is 20.2 Å². The van der Waals surface area contributed by atoms with Crippen molar-refractivity contribution in [1.82, 2.24) is 0 Å². The fourth-order valence-corrected chi connectivity index (χ4v) is 2.48. The van der Waals surface area contributed by atoms with Crippen LogP contribution in [0.1, 0.15) is 17.0 Å². The van der Waals surface area contributed by atoms with Crippen LogP contribution in [-0.2, 0) is 28.3 Å². The van der Waals surface area contributed by atoms with E-state index in [1.165, 1.54) is 10.9 Å². The van der Waals surface area contributed by atoms with E-state index in [1.54, 1.807) is 0 Å². The second-order valence-electron chi connectivity index (χ2n) is 4.31. The third-order valence-corrected chi connectivity index (χ3v) is 3.34. The molecule has 0 heterocycles. The van der Waals surface area contributed by atoms with E-state index in [2.05, 4.69) is 48.6 Å². The molecule has 4 heteroatoms. The van der Waals surface area contributed by atoms with E-state index in [-0.39, 0.29) is 53.1 Å². The van der Waals surface area contributed by atoms with E-state index in [4.69, 9.17) is 0 Å². The molecule has 0 unspecified atom stereocenters. The summed E-state index contributed by atoms with van der Waals surface area (Å²) in [6.45, 7) is 0.0921. The van der Waals surface area contributed by atoms with Crippen LogP contribution in [0.4, 0.5) is 0 Å². The summed E-state index contributed by atoms with van der Waals surface area (Å²) in [6.07, 6.45) is 8.43. The van der Waals surface area contributed by atoms with Crippen LogP contribution in [0.15, 0.2) is 60.7 Å². The molecule has 0 atom stereocenters. The number of allylic oxidation sites excluding steroid dienone is 4. The van der Waals surface area contributed by atoms with Crippen LogP contribution in [-0.4, -0.2) is 5.11 Å². The number of aliphatic hydroxyl groups is 1. The summed E-state index contributed by atoms with van der Waals surface area (Å²) in [7, 11) is 0. The fourth-order valence-electron chi connectivity index (χ4n) is 2.48. The van der Waals surface area contributed by atoms with Gasteiger partial charge in [-0.2, -0.15) is 0 Å². The Kier molecular flexibility index (Phi) is 8.42. The molecule has 1 aliphatic rings. The molecule has 0 bridgehead atoms. The molecule has 0 saturated carbocycles. The van der Waals surface area contributed by atoms with Crippen molar-refractivity contribution >= 4 is 10.8 Å². The maximum Gasteiger partial charge on any atom is 2.00 e. The summed E-state index contributed by atoms with van der Waals surface area (Å²) in [6, 6.07) is 12.5. The van der Waals surface area contributed by atoms with Gasteiger partial charge in [0.15, 0.2) is 0 Å². The maximum absolute atomic E-state index is 9.63. The Morgan fingerprint density at radius 3 is 2.20 bits per heavy atom. The van der Waals surface area contributed by atoms with Gasteiger partial charge in [0.25, 0.3) is 0 Å². The van der Waals surface area contributed by atoms with Crippen molar-refractivity contribution in [3.63, 3.8) is 0 Å². The normalized spacial score (nSPS) is 12.7. The smallest absolute Gasteiger partial charge is 1.00 e. The Balaban J connectivity index is 0.00000120. The molecule has 1 N–H and O–H groups in total. The van der Waals surface area contributed by atoms with E-state index in [1.807, 2.05) is 12.1 Å². The third kappa shape index (κ3) is 3.55. The van der Waals surface area contributed by atoms with Crippen molar-refractivity contribution in [2.45, 2.75) is 12.5 Å². The van der Waals surface area contributed by atoms with E-state index in [9.17, 15) is 5.11 Å². The molecule has 0 fully saturated rings. The summed E-state index contributed by atoms with van der Waals surface area (Å²) in [5, 5.41) is 12.0. The summed E-state index contributed by atoms with van der Waals surface area (Å²) in [5.41, 5.74) is 2.25. The largest absolute Gasteiger partial charge is 2.00 e. The van der Waals surface area contributed by atoms with Crippen molar-refractivity contribution in [3.8, 4) is 0 Å². The predicted molar refractivity (Wildman–Crippen MR) is 70.9 cm³/mol. The van der Waals surface area contributed by atoms with Gasteiger partial charge in [0.1, 0.15) is 0 Å². The van der Waals surface area contributed by atoms with Crippen LogP contribution in [0.5, 0.6) is 0 Å². The van der Waals surface area contributed by atoms with Crippen LogP contribution in [0.25, 0.3) is 10.8 Å². The Bertz CT molecular complexity index is 611. The number of rotatable bonds is 2. The van der Waals surface area contributed by atoms with Gasteiger partial charge in [-0.15, -0.1) is 0 Å². The number of hydrogen-bond donors (Lipinski definition) is 1. The molecule has 1 aliphatic carbocycles. The van der Waals surface area contributed by atoms with Crippen molar-refractivity contribution in [3.05, 3.63) is 71.8 Å². The minimum Gasteiger partial charge on any atom is -1.00 e. The standard InChI is InChI=1S/C16H14O.2ClH.Ti/c17-11-16-14-8-4-3-7-13(14)9-10-15(16)12-5-1-2-6-12;;;/h1-10,12,17H,11H2;2*1H;/q;;;+2/p-2. The number of halogens is 2. The van der Waals surface area contributed by atoms with Crippen molar-refractivity contribution < 1.29 is 51.6 Å². The molecule has 102 valence electrons. The monoisotopic (exact) mass is 340 g/mol. The molecular weight excluding hydrogens is 327 g/mol. The van der Waals surface area contributed by atoms with E-state index < -0.39 is 0 Å². The van der Waals surface area contributed by atoms with Gasteiger partial charge in [0.05, 0.1) is 6.61 Å². The third-order valence-electron chi connectivity index (χ3n) is 3.34. The molecule has 0 aliphatic heterocycles. The maximum atomic E-state index is 9.63. The van der Waals surface area contributed by atoms with E-state index in [0.717, 1.165) is 10.9 Å². The summed E-state index contributed by atoms with van der Waals surface area (Å²) in [5.74, 6) is 0.307. The molecule has 2 aromatic rings. The average molecular weight is 341 g/mol. The molecule has 1 nitrogen and oxygen atoms in total. The minimum absolute atomic E-state index is 0. The molecule has 3 rings (SSSR count). The first-order chi connectivity index (χ1) is 8.40. The second kappa shape index (κ2) is 8.66. The van der Waals surface area contributed by atoms with Crippen molar-refractivity contribution in [1.29, 1.82) is 0 Å². The Labute approximate surface area is 146 Å². The summed E-state index contributed by atoms with van der Waals surface area (Å²) in [4.78, 5) is 0. The van der Waals surface area contributed by atoms with Crippen LogP contribution in [0.2, 0.25) is 0 Å². The first kappa shape index (κ1) is 19.4. The van der Waals surface area contributed by atoms with Gasteiger partial charge in [-0.05, 0) is 21.9 Å². The van der Waals surface area contributed by atoms with Crippen LogP contribution < -0.4 is 24.8 Å². The second-order valence-corrected chi connectivity index (χ2v) is 4.31. The first-order valence-corrected chi connectivity index (χ1v) is 5.86. The Morgan fingerprint density at radius 2 is 1.55 bits per heavy atom. The van der Waals surface area contributed by atoms with Crippen LogP contribution >= 0.6 is 0 Å². The van der Waals surface area contributed by atoms with E-state index >= 15 is 0 Å². The molecule has 0 saturated heterocycles. The van der Waals surface area contributed by atoms with Crippen molar-refractivity contribution in [2.75, 3.05) is 0 Å². The molecule has 0 aromatic heterocycles. The molecule has 20 heavy (non-hydrogen) atoms. The number of fused-ring (bicyclic) bond motifs is 1. The van der Waals surface area contributed by atoms with Gasteiger partial charge >= 0.3 is 21.7 Å². The van der Waals surface area contributed by atoms with Gasteiger partial charge in [-0.1, -0.05) is 60.7 Å². The van der Waals surface area contributed by atoms with E-state index in [0.29, 0.717) is 5.92 Å². The van der Waals surface area contributed by atoms with Gasteiger partial charge < -0.3 is 29.9 Å². The zero-order chi connectivity index (χ0) is 11.7. The van der Waals surface area contributed by atoms with Gasteiger partial charge in [0.2, 0.25) is 0 Å². The quantitative estimate of drug-likeness (QED) is 0.602. The minimum atomic E-state index is 0. The van der Waals surface area contributed by atoms with Crippen LogP contribution in [0, 0.1) is 0 Å². The van der Waals surface area contributed by atoms with Crippen LogP contribution in [0.3, 0.4) is 0 Å². The molecule has 0 amide bonds. The summed E-state index contributed by atoms with van der Waals surface area (Å²) >= 11 is 0. The SMILES string of the molecule is OCc1c(C2C=CC=C2)ccc2ccccc12.[Cl-].[Cl-].[Ti+2]. The Morgan fingerprint density at radius 1 is 0.900 bits per heavy atom. The molecular formula is C16H14Cl2OTi. The number of aliphatic hydroxyl groups excluding tert-OH is 1. The van der Waals surface area contributed by atoms with Gasteiger partial charge in [-0.25, -0.2) is 0 Å². The zero-order valence-electron chi connectivity index (χ0n) is 10.8. The average Bonchev–Trinajstić information content (AvgIpc) is 2.91. The first-order valence-electron chi connectivity index (χ1n) is 5.86. The number of benzene rings is 2. The number of hydrogen-bond acceptors (Lipinski definition) is 1. The molecule has 2 aromatic carbocycles. The zero-order valence-corrected chi connectivity index (χ0v) is 13.8. The molecule has 0 radical (unpaired) electrons. The van der Waals surface area contributed by atoms with Gasteiger partial charge in [-0.3, -0.25) is 0 Å². The fraction of sp³-hybridized carbons (Fsp3) is 0.125. The molecule has 0 spiro atoms. The predicted octanol–water partition coefficient (Wildman–Crippen LogP) is -2.45. The van der Waals surface area contributed by atoms with Gasteiger partial charge in [0, 0.05) is 5.92 Å². The van der Waals surface area contributed by atoms with Crippen molar-refractivity contribution in [2.24, 2.45) is 0 Å².